The predicted octanol–water partition coefficient (Wildman–Crippen LogP) is 1.62. The van der Waals surface area contributed by atoms with Gasteiger partial charge in [-0.15, -0.1) is 11.3 Å². The third-order valence-corrected chi connectivity index (χ3v) is 5.10. The summed E-state index contributed by atoms with van der Waals surface area (Å²) in [4.78, 5) is 16.1. The number of thiophene rings is 1. The van der Waals surface area contributed by atoms with Gasteiger partial charge in [0.05, 0.1) is 19.8 Å². The zero-order valence-electron chi connectivity index (χ0n) is 11.1. The molecule has 0 unspecified atom stereocenters. The number of carbonyl (C=O) groups is 1. The van der Waals surface area contributed by atoms with Gasteiger partial charge >= 0.3 is 0 Å². The van der Waals surface area contributed by atoms with Crippen molar-refractivity contribution < 1.29 is 9.53 Å². The zero-order chi connectivity index (χ0) is 13.1. The molecule has 2 heterocycles. The van der Waals surface area contributed by atoms with Gasteiger partial charge in [0.15, 0.2) is 0 Å². The van der Waals surface area contributed by atoms with E-state index in [4.69, 9.17) is 4.74 Å². The van der Waals surface area contributed by atoms with E-state index < -0.39 is 0 Å². The van der Waals surface area contributed by atoms with Gasteiger partial charge in [0.25, 0.3) is 0 Å². The number of hydrogen-bond acceptors (Lipinski definition) is 4. The third-order valence-electron chi connectivity index (χ3n) is 4.22. The van der Waals surface area contributed by atoms with Crippen molar-refractivity contribution in [2.45, 2.75) is 31.3 Å². The van der Waals surface area contributed by atoms with Crippen LogP contribution in [0.1, 0.15) is 24.1 Å². The molecule has 2 fully saturated rings. The SMILES string of the molecule is O=C(NCc1cccs1)C1(N2CCOCC2)CCC1. The van der Waals surface area contributed by atoms with Gasteiger partial charge in [0.1, 0.15) is 5.54 Å². The highest BCUT2D eigenvalue weighted by molar-refractivity contribution is 7.09. The smallest absolute Gasteiger partial charge is 0.240 e. The van der Waals surface area contributed by atoms with Crippen LogP contribution in [-0.2, 0) is 16.1 Å². The molecule has 104 valence electrons. The van der Waals surface area contributed by atoms with Gasteiger partial charge in [0.2, 0.25) is 5.91 Å². The monoisotopic (exact) mass is 280 g/mol. The molecule has 5 heteroatoms. The lowest BCUT2D eigenvalue weighted by Crippen LogP contribution is -2.64. The van der Waals surface area contributed by atoms with Crippen LogP contribution >= 0.6 is 11.3 Å². The van der Waals surface area contributed by atoms with Gasteiger partial charge in [-0.1, -0.05) is 6.07 Å². The Morgan fingerprint density at radius 3 is 2.79 bits per heavy atom. The lowest BCUT2D eigenvalue weighted by molar-refractivity contribution is -0.144. The molecule has 0 bridgehead atoms. The second kappa shape index (κ2) is 5.61. The lowest BCUT2D eigenvalue weighted by atomic mass is 9.74. The van der Waals surface area contributed by atoms with Crippen molar-refractivity contribution in [2.75, 3.05) is 26.3 Å². The number of nitrogens with one attached hydrogen (secondary N) is 1. The Morgan fingerprint density at radius 1 is 1.42 bits per heavy atom. The molecule has 0 atom stereocenters. The molecule has 3 rings (SSSR count). The molecule has 0 radical (unpaired) electrons. The summed E-state index contributed by atoms with van der Waals surface area (Å²) in [6, 6.07) is 4.08. The molecule has 1 aromatic rings. The molecule has 1 saturated heterocycles. The van der Waals surface area contributed by atoms with E-state index >= 15 is 0 Å². The molecule has 2 aliphatic rings. The minimum atomic E-state index is -0.249. The number of ether oxygens (including phenoxy) is 1. The quantitative estimate of drug-likeness (QED) is 0.911. The second-order valence-corrected chi connectivity index (χ2v) is 6.28. The maximum Gasteiger partial charge on any atom is 0.240 e. The van der Waals surface area contributed by atoms with Crippen molar-refractivity contribution in [1.29, 1.82) is 0 Å². The first-order chi connectivity index (χ1) is 9.31. The molecule has 1 aromatic heterocycles. The molecule has 0 spiro atoms. The van der Waals surface area contributed by atoms with Gasteiger partial charge in [-0.25, -0.2) is 0 Å². The Labute approximate surface area is 117 Å². The number of hydrogen-bond donors (Lipinski definition) is 1. The van der Waals surface area contributed by atoms with E-state index in [1.165, 1.54) is 4.88 Å². The van der Waals surface area contributed by atoms with E-state index in [1.807, 2.05) is 11.4 Å². The minimum absolute atomic E-state index is 0.203. The number of rotatable bonds is 4. The molecule has 19 heavy (non-hydrogen) atoms. The summed E-state index contributed by atoms with van der Waals surface area (Å²) < 4.78 is 5.39. The van der Waals surface area contributed by atoms with Crippen LogP contribution in [0.15, 0.2) is 17.5 Å². The highest BCUT2D eigenvalue weighted by Crippen LogP contribution is 2.38. The van der Waals surface area contributed by atoms with Crippen LogP contribution in [0, 0.1) is 0 Å². The summed E-state index contributed by atoms with van der Waals surface area (Å²) in [5.41, 5.74) is -0.249. The molecule has 1 aliphatic carbocycles. The van der Waals surface area contributed by atoms with Crippen molar-refractivity contribution in [2.24, 2.45) is 0 Å². The fraction of sp³-hybridized carbons (Fsp3) is 0.643. The van der Waals surface area contributed by atoms with Gasteiger partial charge in [0, 0.05) is 18.0 Å². The Bertz CT molecular complexity index is 423. The maximum absolute atomic E-state index is 12.6. The van der Waals surface area contributed by atoms with Crippen LogP contribution in [0.5, 0.6) is 0 Å². The summed E-state index contributed by atoms with van der Waals surface area (Å²) in [5, 5.41) is 5.16. The van der Waals surface area contributed by atoms with Crippen molar-refractivity contribution in [1.82, 2.24) is 10.2 Å². The van der Waals surface area contributed by atoms with E-state index in [0.29, 0.717) is 6.54 Å². The molecule has 1 amide bonds. The molecular formula is C14H20N2O2S. The average Bonchev–Trinajstić information content (AvgIpc) is 2.89. The Kier molecular flexibility index (Phi) is 3.86. The van der Waals surface area contributed by atoms with Crippen molar-refractivity contribution in [3.05, 3.63) is 22.4 Å². The largest absolute Gasteiger partial charge is 0.379 e. The minimum Gasteiger partial charge on any atom is -0.379 e. The van der Waals surface area contributed by atoms with Gasteiger partial charge < -0.3 is 10.1 Å². The van der Waals surface area contributed by atoms with Gasteiger partial charge in [-0.3, -0.25) is 9.69 Å². The van der Waals surface area contributed by atoms with Crippen molar-refractivity contribution in [3.63, 3.8) is 0 Å². The van der Waals surface area contributed by atoms with Crippen LogP contribution in [-0.4, -0.2) is 42.6 Å². The van der Waals surface area contributed by atoms with E-state index in [1.54, 1.807) is 11.3 Å². The predicted molar refractivity (Wildman–Crippen MR) is 75.1 cm³/mol. The van der Waals surface area contributed by atoms with E-state index in [-0.39, 0.29) is 11.4 Å². The van der Waals surface area contributed by atoms with E-state index in [9.17, 15) is 4.79 Å². The van der Waals surface area contributed by atoms with Crippen LogP contribution in [0.4, 0.5) is 0 Å². The van der Waals surface area contributed by atoms with Crippen LogP contribution < -0.4 is 5.32 Å². The normalized spacial score (nSPS) is 22.7. The molecule has 1 N–H and O–H groups in total. The van der Waals surface area contributed by atoms with Crippen LogP contribution in [0.25, 0.3) is 0 Å². The number of morpholine rings is 1. The fourth-order valence-corrected chi connectivity index (χ4v) is 3.58. The second-order valence-electron chi connectivity index (χ2n) is 5.25. The van der Waals surface area contributed by atoms with Crippen LogP contribution in [0.2, 0.25) is 0 Å². The van der Waals surface area contributed by atoms with Gasteiger partial charge in [-0.05, 0) is 30.7 Å². The Morgan fingerprint density at radius 2 is 2.21 bits per heavy atom. The summed E-state index contributed by atoms with van der Waals surface area (Å²) in [7, 11) is 0. The number of carbonyl (C=O) groups excluding carboxylic acids is 1. The zero-order valence-corrected chi connectivity index (χ0v) is 11.9. The van der Waals surface area contributed by atoms with E-state index in [0.717, 1.165) is 45.6 Å². The van der Waals surface area contributed by atoms with Crippen molar-refractivity contribution >= 4 is 17.2 Å². The highest BCUT2D eigenvalue weighted by atomic mass is 32.1. The third kappa shape index (κ3) is 2.55. The molecular weight excluding hydrogens is 260 g/mol. The number of nitrogens with zero attached hydrogens (tertiary/aromatic N) is 1. The summed E-state index contributed by atoms with van der Waals surface area (Å²) in [6.07, 6.45) is 3.14. The Balaban J connectivity index is 1.62. The molecule has 1 aliphatic heterocycles. The lowest BCUT2D eigenvalue weighted by Gasteiger charge is -2.49. The van der Waals surface area contributed by atoms with Crippen LogP contribution in [0.3, 0.4) is 0 Å². The van der Waals surface area contributed by atoms with Gasteiger partial charge in [-0.2, -0.15) is 0 Å². The van der Waals surface area contributed by atoms with Crippen molar-refractivity contribution in [3.8, 4) is 0 Å². The summed E-state index contributed by atoms with van der Waals surface area (Å²) in [6.45, 7) is 3.92. The molecule has 4 nitrogen and oxygen atoms in total. The first-order valence-electron chi connectivity index (χ1n) is 6.95. The first-order valence-corrected chi connectivity index (χ1v) is 7.83. The Hall–Kier alpha value is -0.910. The summed E-state index contributed by atoms with van der Waals surface area (Å²) in [5.74, 6) is 0.203. The number of amides is 1. The molecule has 1 saturated carbocycles. The maximum atomic E-state index is 12.6. The highest BCUT2D eigenvalue weighted by Gasteiger charge is 2.48. The topological polar surface area (TPSA) is 41.6 Å². The average molecular weight is 280 g/mol. The first kappa shape index (κ1) is 13.1. The standard InChI is InChI=1S/C14H20N2O2S/c17-13(15-11-12-3-1-10-19-12)14(4-2-5-14)16-6-8-18-9-7-16/h1,3,10H,2,4-9,11H2,(H,15,17). The summed E-state index contributed by atoms with van der Waals surface area (Å²) >= 11 is 1.69. The fourth-order valence-electron chi connectivity index (χ4n) is 2.94. The van der Waals surface area contributed by atoms with E-state index in [2.05, 4.69) is 16.3 Å². The molecule has 0 aromatic carbocycles.